The van der Waals surface area contributed by atoms with Gasteiger partial charge in [0.1, 0.15) is 5.75 Å². The largest absolute Gasteiger partial charge is 0.497 e. The number of hydrogen-bond donors (Lipinski definition) is 1. The smallest absolute Gasteiger partial charge is 0.118 e. The zero-order valence-corrected chi connectivity index (χ0v) is 20.6. The van der Waals surface area contributed by atoms with E-state index < -0.39 is 0 Å². The number of thiazole rings is 1. The molecule has 0 radical (unpaired) electrons. The van der Waals surface area contributed by atoms with Crippen LogP contribution in [0, 0.1) is 5.92 Å². The van der Waals surface area contributed by atoms with E-state index in [1.165, 1.54) is 30.7 Å². The van der Waals surface area contributed by atoms with Gasteiger partial charge in [-0.1, -0.05) is 45.3 Å². The number of hydrogen-bond acceptors (Lipinski definition) is 5. The first-order valence-corrected chi connectivity index (χ1v) is 12.7. The van der Waals surface area contributed by atoms with Crippen LogP contribution in [0.1, 0.15) is 68.2 Å². The fourth-order valence-electron chi connectivity index (χ4n) is 4.26. The quantitative estimate of drug-likeness (QED) is 0.481. The van der Waals surface area contributed by atoms with Crippen molar-refractivity contribution < 1.29 is 4.74 Å². The standard InChI is InChI=1S/C21H25N3OS.C6H12/c1-4-6-18(23-5-2)20-19(15-7-9-17(25-3)10-8-15)24-21(26-20)16-11-13-22-14-12-16;1-6-4-2-3-5-6/h4-10,16,22H,2,11-14H2,1,3H3;6H,2-5H2,1H3/b6-4-,23-18?;. The van der Waals surface area contributed by atoms with Crippen LogP contribution in [0.2, 0.25) is 0 Å². The third kappa shape index (κ3) is 6.63. The van der Waals surface area contributed by atoms with Gasteiger partial charge in [-0.2, -0.15) is 0 Å². The van der Waals surface area contributed by atoms with Crippen molar-refractivity contribution >= 4 is 17.0 Å². The number of piperidine rings is 1. The van der Waals surface area contributed by atoms with Gasteiger partial charge in [0.15, 0.2) is 0 Å². The van der Waals surface area contributed by atoms with Crippen molar-refractivity contribution in [1.29, 1.82) is 0 Å². The van der Waals surface area contributed by atoms with Crippen molar-refractivity contribution in [3.63, 3.8) is 0 Å². The van der Waals surface area contributed by atoms with Gasteiger partial charge in [0, 0.05) is 17.7 Å². The van der Waals surface area contributed by atoms with E-state index in [4.69, 9.17) is 9.72 Å². The van der Waals surface area contributed by atoms with Gasteiger partial charge in [-0.05, 0) is 69.1 Å². The molecule has 0 bridgehead atoms. The van der Waals surface area contributed by atoms with E-state index >= 15 is 0 Å². The molecule has 2 aliphatic rings. The summed E-state index contributed by atoms with van der Waals surface area (Å²) in [7, 11) is 1.68. The molecule has 32 heavy (non-hydrogen) atoms. The fraction of sp³-hybridized carbons (Fsp3) is 0.481. The predicted molar refractivity (Wildman–Crippen MR) is 138 cm³/mol. The summed E-state index contributed by atoms with van der Waals surface area (Å²) in [4.78, 5) is 10.6. The van der Waals surface area contributed by atoms with Gasteiger partial charge in [0.2, 0.25) is 0 Å². The van der Waals surface area contributed by atoms with Gasteiger partial charge in [-0.25, -0.2) is 4.98 Å². The number of rotatable bonds is 6. The Morgan fingerprint density at radius 2 is 1.84 bits per heavy atom. The lowest BCUT2D eigenvalue weighted by Crippen LogP contribution is -2.26. The van der Waals surface area contributed by atoms with E-state index in [1.807, 2.05) is 31.2 Å². The third-order valence-electron chi connectivity index (χ3n) is 6.13. The minimum Gasteiger partial charge on any atom is -0.497 e. The van der Waals surface area contributed by atoms with Crippen molar-refractivity contribution in [1.82, 2.24) is 10.3 Å². The third-order valence-corrected chi connectivity index (χ3v) is 7.37. The Bertz CT molecular complexity index is 901. The van der Waals surface area contributed by atoms with Crippen LogP contribution < -0.4 is 10.1 Å². The first kappa shape index (κ1) is 24.4. The molecule has 2 fully saturated rings. The number of allylic oxidation sites excluding steroid dienone is 2. The molecule has 5 heteroatoms. The van der Waals surface area contributed by atoms with Crippen LogP contribution in [0.5, 0.6) is 5.75 Å². The summed E-state index contributed by atoms with van der Waals surface area (Å²) in [6.45, 7) is 10.2. The monoisotopic (exact) mass is 451 g/mol. The Morgan fingerprint density at radius 3 is 2.38 bits per heavy atom. The topological polar surface area (TPSA) is 46.5 Å². The molecule has 1 saturated carbocycles. The van der Waals surface area contributed by atoms with Crippen LogP contribution in [0.15, 0.2) is 54.2 Å². The van der Waals surface area contributed by atoms with Crippen molar-refractivity contribution in [3.05, 3.63) is 59.1 Å². The van der Waals surface area contributed by atoms with Gasteiger partial charge in [0.25, 0.3) is 0 Å². The molecule has 0 amide bonds. The molecule has 4 rings (SSSR count). The van der Waals surface area contributed by atoms with Crippen molar-refractivity contribution in [3.8, 4) is 17.0 Å². The second-order valence-electron chi connectivity index (χ2n) is 8.57. The highest BCUT2D eigenvalue weighted by atomic mass is 32.1. The lowest BCUT2D eigenvalue weighted by Gasteiger charge is -2.20. The number of ether oxygens (including phenoxy) is 1. The SMILES string of the molecule is C=CN=C(/C=C\C)c1sc(C2CCNCC2)nc1-c1ccc(OC)cc1.CC1CCCC1. The fourth-order valence-corrected chi connectivity index (χ4v) is 5.50. The zero-order valence-electron chi connectivity index (χ0n) is 19.8. The number of methoxy groups -OCH3 is 1. The highest BCUT2D eigenvalue weighted by Gasteiger charge is 2.23. The van der Waals surface area contributed by atoms with Crippen molar-refractivity contribution in [2.45, 2.75) is 58.3 Å². The van der Waals surface area contributed by atoms with Gasteiger partial charge in [-0.15, -0.1) is 11.3 Å². The molecule has 0 atom stereocenters. The van der Waals surface area contributed by atoms with E-state index in [9.17, 15) is 0 Å². The van der Waals surface area contributed by atoms with Crippen molar-refractivity contribution in [2.75, 3.05) is 20.2 Å². The Kier molecular flexibility index (Phi) is 9.69. The van der Waals surface area contributed by atoms with Gasteiger partial charge >= 0.3 is 0 Å². The lowest BCUT2D eigenvalue weighted by molar-refractivity contribution is 0.415. The molecule has 1 saturated heterocycles. The van der Waals surface area contributed by atoms with E-state index in [0.717, 1.165) is 59.4 Å². The molecule has 0 unspecified atom stereocenters. The van der Waals surface area contributed by atoms with Gasteiger partial charge in [0.05, 0.1) is 28.4 Å². The summed E-state index contributed by atoms with van der Waals surface area (Å²) in [6, 6.07) is 8.07. The summed E-state index contributed by atoms with van der Waals surface area (Å²) in [5.74, 6) is 2.41. The van der Waals surface area contributed by atoms with E-state index in [2.05, 4.69) is 35.9 Å². The minimum atomic E-state index is 0.516. The number of aliphatic imine (C=N–C) groups is 1. The summed E-state index contributed by atoms with van der Waals surface area (Å²) in [5.41, 5.74) is 2.98. The van der Waals surface area contributed by atoms with Crippen LogP contribution in [-0.2, 0) is 0 Å². The number of aromatic nitrogens is 1. The first-order valence-electron chi connectivity index (χ1n) is 11.8. The summed E-state index contributed by atoms with van der Waals surface area (Å²) in [6.07, 6.45) is 13.8. The zero-order chi connectivity index (χ0) is 22.8. The number of benzene rings is 1. The molecular weight excluding hydrogens is 414 g/mol. The Balaban J connectivity index is 0.000000416. The molecular formula is C27H37N3OS. The van der Waals surface area contributed by atoms with Crippen LogP contribution >= 0.6 is 11.3 Å². The summed E-state index contributed by atoms with van der Waals surface area (Å²) < 4.78 is 5.29. The lowest BCUT2D eigenvalue weighted by atomic mass is 9.99. The Morgan fingerprint density at radius 1 is 1.16 bits per heavy atom. The van der Waals surface area contributed by atoms with E-state index in [-0.39, 0.29) is 0 Å². The molecule has 4 nitrogen and oxygen atoms in total. The molecule has 1 aromatic carbocycles. The van der Waals surface area contributed by atoms with Crippen LogP contribution in [-0.4, -0.2) is 30.9 Å². The van der Waals surface area contributed by atoms with Gasteiger partial charge < -0.3 is 10.1 Å². The molecule has 1 aromatic heterocycles. The van der Waals surface area contributed by atoms with Crippen LogP contribution in [0.4, 0.5) is 0 Å². The molecule has 2 aromatic rings. The molecule has 1 aliphatic carbocycles. The predicted octanol–water partition coefficient (Wildman–Crippen LogP) is 6.99. The van der Waals surface area contributed by atoms with Crippen LogP contribution in [0.3, 0.4) is 0 Å². The molecule has 0 spiro atoms. The average molecular weight is 452 g/mol. The molecule has 172 valence electrons. The molecule has 1 N–H and O–H groups in total. The highest BCUT2D eigenvalue weighted by molar-refractivity contribution is 7.14. The first-order chi connectivity index (χ1) is 15.7. The maximum absolute atomic E-state index is 5.29. The average Bonchev–Trinajstić information content (AvgIpc) is 3.49. The summed E-state index contributed by atoms with van der Waals surface area (Å²) in [5, 5.41) is 4.63. The molecule has 1 aliphatic heterocycles. The second kappa shape index (κ2) is 12.7. The van der Waals surface area contributed by atoms with E-state index in [1.54, 1.807) is 24.6 Å². The second-order valence-corrected chi connectivity index (χ2v) is 9.60. The van der Waals surface area contributed by atoms with Crippen molar-refractivity contribution in [2.24, 2.45) is 10.9 Å². The minimum absolute atomic E-state index is 0.516. The molecule has 2 heterocycles. The summed E-state index contributed by atoms with van der Waals surface area (Å²) >= 11 is 1.76. The number of nitrogens with zero attached hydrogens (tertiary/aromatic N) is 2. The normalized spacial score (nSPS) is 17.9. The maximum atomic E-state index is 5.29. The Labute approximate surface area is 197 Å². The van der Waals surface area contributed by atoms with Gasteiger partial charge in [-0.3, -0.25) is 4.99 Å². The Hall–Kier alpha value is -2.24. The van der Waals surface area contributed by atoms with E-state index in [0.29, 0.717) is 5.92 Å². The highest BCUT2D eigenvalue weighted by Crippen LogP contribution is 2.36. The van der Waals surface area contributed by atoms with Crippen LogP contribution in [0.25, 0.3) is 11.3 Å². The maximum Gasteiger partial charge on any atom is 0.118 e. The number of nitrogens with one attached hydrogen (secondary N) is 1.